The summed E-state index contributed by atoms with van der Waals surface area (Å²) in [5, 5.41) is 0. The van der Waals surface area contributed by atoms with Gasteiger partial charge in [0.05, 0.1) is 12.2 Å². The first-order valence-electron chi connectivity index (χ1n) is 8.34. The molecule has 0 spiro atoms. The smallest absolute Gasteiger partial charge is 0.319 e. The zero-order valence-electron chi connectivity index (χ0n) is 13.1. The Hall–Kier alpha value is 0.274. The second kappa shape index (κ2) is 10.9. The van der Waals surface area contributed by atoms with Crippen molar-refractivity contribution in [3.63, 3.8) is 0 Å². The summed E-state index contributed by atoms with van der Waals surface area (Å²) in [4.78, 5) is 20.1. The Bertz CT molecular complexity index is 219. The summed E-state index contributed by atoms with van der Waals surface area (Å²) in [6, 6.07) is 1.66. The van der Waals surface area contributed by atoms with Gasteiger partial charge in [-0.3, -0.25) is 0 Å². The SMILES string of the molecule is CCCC[SiH](O)OC1CCCCC1O[SiH](O)CCCC. The van der Waals surface area contributed by atoms with Crippen molar-refractivity contribution in [3.8, 4) is 0 Å². The van der Waals surface area contributed by atoms with E-state index in [1.165, 1.54) is 0 Å². The van der Waals surface area contributed by atoms with E-state index in [4.69, 9.17) is 8.85 Å². The normalized spacial score (nSPS) is 26.4. The van der Waals surface area contributed by atoms with Crippen LogP contribution >= 0.6 is 0 Å². The highest BCUT2D eigenvalue weighted by atomic mass is 28.3. The first kappa shape index (κ1) is 18.3. The lowest BCUT2D eigenvalue weighted by atomic mass is 9.95. The minimum Gasteiger partial charge on any atom is -0.413 e. The molecule has 4 unspecified atom stereocenters. The van der Waals surface area contributed by atoms with Crippen LogP contribution < -0.4 is 0 Å². The van der Waals surface area contributed by atoms with Gasteiger partial charge in [-0.1, -0.05) is 52.4 Å². The van der Waals surface area contributed by atoms with Crippen LogP contribution in [0, 0.1) is 0 Å². The largest absolute Gasteiger partial charge is 0.413 e. The van der Waals surface area contributed by atoms with E-state index in [1.54, 1.807) is 0 Å². The van der Waals surface area contributed by atoms with Gasteiger partial charge in [-0.15, -0.1) is 0 Å². The van der Waals surface area contributed by atoms with E-state index in [-0.39, 0.29) is 12.2 Å². The third-order valence-electron chi connectivity index (χ3n) is 3.91. The molecule has 1 aliphatic carbocycles. The molecule has 0 bridgehead atoms. The molecular formula is C14H32O4Si2. The van der Waals surface area contributed by atoms with E-state index in [1.807, 2.05) is 0 Å². The van der Waals surface area contributed by atoms with Gasteiger partial charge < -0.3 is 18.4 Å². The molecule has 1 rings (SSSR count). The molecule has 0 aliphatic heterocycles. The maximum Gasteiger partial charge on any atom is 0.319 e. The van der Waals surface area contributed by atoms with Crippen LogP contribution in [0.4, 0.5) is 0 Å². The predicted molar refractivity (Wildman–Crippen MR) is 86.4 cm³/mol. The standard InChI is InChI=1S/C14H32O4Si2/c1-3-5-11-19(15)17-13-9-7-8-10-14(13)18-20(16)12-6-4-2/h13-16,19-20H,3-12H2,1-2H3. The van der Waals surface area contributed by atoms with E-state index in [0.717, 1.165) is 63.5 Å². The van der Waals surface area contributed by atoms with Gasteiger partial charge in [0.15, 0.2) is 0 Å². The summed E-state index contributed by atoms with van der Waals surface area (Å²) in [5.41, 5.74) is 0. The minimum atomic E-state index is -2.05. The number of rotatable bonds is 10. The van der Waals surface area contributed by atoms with Crippen LogP contribution in [-0.4, -0.2) is 40.4 Å². The monoisotopic (exact) mass is 320 g/mol. The van der Waals surface area contributed by atoms with E-state index in [9.17, 15) is 9.59 Å². The zero-order valence-corrected chi connectivity index (χ0v) is 15.4. The molecule has 4 nitrogen and oxygen atoms in total. The van der Waals surface area contributed by atoms with Crippen LogP contribution in [-0.2, 0) is 8.85 Å². The molecule has 2 N–H and O–H groups in total. The van der Waals surface area contributed by atoms with Crippen molar-refractivity contribution in [2.45, 2.75) is 89.5 Å². The fraction of sp³-hybridized carbons (Fsp3) is 1.00. The second-order valence-electron chi connectivity index (χ2n) is 5.83. The summed E-state index contributed by atoms with van der Waals surface area (Å²) in [6.07, 6.45) is 8.54. The molecule has 0 amide bonds. The van der Waals surface area contributed by atoms with Gasteiger partial charge in [0, 0.05) is 0 Å². The molecule has 0 aromatic heterocycles. The number of unbranched alkanes of at least 4 members (excludes halogenated alkanes) is 2. The van der Waals surface area contributed by atoms with E-state index < -0.39 is 18.6 Å². The Morgan fingerprint density at radius 2 is 1.25 bits per heavy atom. The van der Waals surface area contributed by atoms with Gasteiger partial charge in [0.2, 0.25) is 0 Å². The summed E-state index contributed by atoms with van der Waals surface area (Å²) in [7, 11) is -4.09. The Kier molecular flexibility index (Phi) is 10.0. The molecule has 4 atom stereocenters. The highest BCUT2D eigenvalue weighted by molar-refractivity contribution is 6.43. The molecule has 6 heteroatoms. The van der Waals surface area contributed by atoms with Gasteiger partial charge in [-0.05, 0) is 24.9 Å². The van der Waals surface area contributed by atoms with Crippen molar-refractivity contribution >= 4 is 18.6 Å². The lowest BCUT2D eigenvalue weighted by molar-refractivity contribution is -0.000130. The van der Waals surface area contributed by atoms with Crippen LogP contribution in [0.1, 0.15) is 65.2 Å². The predicted octanol–water partition coefficient (Wildman–Crippen LogP) is 2.36. The second-order valence-corrected chi connectivity index (χ2v) is 9.34. The van der Waals surface area contributed by atoms with Crippen LogP contribution in [0.25, 0.3) is 0 Å². The van der Waals surface area contributed by atoms with Crippen LogP contribution in [0.2, 0.25) is 12.1 Å². The van der Waals surface area contributed by atoms with Gasteiger partial charge in [-0.2, -0.15) is 0 Å². The quantitative estimate of drug-likeness (QED) is 0.607. The fourth-order valence-corrected chi connectivity index (χ4v) is 5.89. The molecule has 120 valence electrons. The van der Waals surface area contributed by atoms with Gasteiger partial charge in [0.1, 0.15) is 0 Å². The molecule has 0 heterocycles. The lowest BCUT2D eigenvalue weighted by Gasteiger charge is -2.34. The Balaban J connectivity index is 2.36. The Morgan fingerprint density at radius 3 is 1.60 bits per heavy atom. The van der Waals surface area contributed by atoms with Gasteiger partial charge >= 0.3 is 18.6 Å². The highest BCUT2D eigenvalue weighted by Gasteiger charge is 2.30. The topological polar surface area (TPSA) is 58.9 Å². The molecular weight excluding hydrogens is 288 g/mol. The van der Waals surface area contributed by atoms with Crippen molar-refractivity contribution in [3.05, 3.63) is 0 Å². The lowest BCUT2D eigenvalue weighted by Crippen LogP contribution is -2.42. The van der Waals surface area contributed by atoms with E-state index in [0.29, 0.717) is 0 Å². The van der Waals surface area contributed by atoms with Crippen LogP contribution in [0.15, 0.2) is 0 Å². The van der Waals surface area contributed by atoms with Crippen molar-refractivity contribution in [2.75, 3.05) is 0 Å². The van der Waals surface area contributed by atoms with Crippen molar-refractivity contribution in [1.82, 2.24) is 0 Å². The molecule has 20 heavy (non-hydrogen) atoms. The maximum absolute atomic E-state index is 10.0. The van der Waals surface area contributed by atoms with E-state index in [2.05, 4.69) is 13.8 Å². The third kappa shape index (κ3) is 7.33. The fourth-order valence-electron chi connectivity index (χ4n) is 2.67. The highest BCUT2D eigenvalue weighted by Crippen LogP contribution is 2.25. The molecule has 1 aliphatic rings. The summed E-state index contributed by atoms with van der Waals surface area (Å²) < 4.78 is 11.8. The Labute approximate surface area is 127 Å². The van der Waals surface area contributed by atoms with Crippen LogP contribution in [0.3, 0.4) is 0 Å². The van der Waals surface area contributed by atoms with E-state index >= 15 is 0 Å². The van der Waals surface area contributed by atoms with Gasteiger partial charge in [0.25, 0.3) is 0 Å². The van der Waals surface area contributed by atoms with Crippen LogP contribution in [0.5, 0.6) is 0 Å². The first-order chi connectivity index (χ1) is 9.67. The molecule has 0 aromatic carbocycles. The molecule has 0 aromatic rings. The maximum atomic E-state index is 10.0. The van der Waals surface area contributed by atoms with Crippen molar-refractivity contribution in [2.24, 2.45) is 0 Å². The number of hydrogen-bond donors (Lipinski definition) is 2. The summed E-state index contributed by atoms with van der Waals surface area (Å²) >= 11 is 0. The summed E-state index contributed by atoms with van der Waals surface area (Å²) in [6.45, 7) is 4.26. The first-order valence-corrected chi connectivity index (χ1v) is 11.9. The average Bonchev–Trinajstić information content (AvgIpc) is 2.45. The molecule has 0 radical (unpaired) electrons. The molecule has 1 saturated carbocycles. The number of hydrogen-bond acceptors (Lipinski definition) is 4. The third-order valence-corrected chi connectivity index (χ3v) is 7.05. The van der Waals surface area contributed by atoms with Crippen molar-refractivity contribution < 1.29 is 18.4 Å². The zero-order chi connectivity index (χ0) is 14.8. The minimum absolute atomic E-state index is 0.0195. The van der Waals surface area contributed by atoms with Crippen molar-refractivity contribution in [1.29, 1.82) is 0 Å². The average molecular weight is 321 g/mol. The molecule has 1 fully saturated rings. The molecule has 0 saturated heterocycles. The van der Waals surface area contributed by atoms with Gasteiger partial charge in [-0.25, -0.2) is 0 Å². The Morgan fingerprint density at radius 1 is 0.850 bits per heavy atom. The summed E-state index contributed by atoms with van der Waals surface area (Å²) in [5.74, 6) is 0.